The maximum atomic E-state index is 13.8. The Balaban J connectivity index is 1.36. The Labute approximate surface area is 225 Å². The van der Waals surface area contributed by atoms with Gasteiger partial charge in [-0.3, -0.25) is 14.5 Å². The number of amides is 1. The third kappa shape index (κ3) is 5.04. The van der Waals surface area contributed by atoms with E-state index < -0.39 is 23.5 Å². The van der Waals surface area contributed by atoms with Gasteiger partial charge in [-0.15, -0.1) is 0 Å². The minimum Gasteiger partial charge on any atom is -0.503 e. The molecule has 1 saturated heterocycles. The molecule has 3 heterocycles. The number of carbonyl (C=O) groups is 2. The average molecular weight is 525 g/mol. The van der Waals surface area contributed by atoms with Crippen LogP contribution in [0.3, 0.4) is 0 Å². The number of Topliss-reactive ketones (excluding diaryl/α,β-unsaturated/α-hetero) is 1. The minimum atomic E-state index is -0.807. The number of aliphatic hydroxyl groups excluding tert-OH is 1. The van der Waals surface area contributed by atoms with E-state index >= 15 is 0 Å². The van der Waals surface area contributed by atoms with E-state index in [1.54, 1.807) is 23.1 Å². The normalized spacial score (nSPS) is 18.2. The molecule has 1 N–H and O–H groups in total. The van der Waals surface area contributed by atoms with Crippen LogP contribution in [0.5, 0.6) is 11.5 Å². The van der Waals surface area contributed by atoms with E-state index in [-0.39, 0.29) is 11.3 Å². The van der Waals surface area contributed by atoms with E-state index in [9.17, 15) is 14.7 Å². The molecule has 0 saturated carbocycles. The summed E-state index contributed by atoms with van der Waals surface area (Å²) in [5.41, 5.74) is 1.21. The van der Waals surface area contributed by atoms with E-state index in [1.807, 2.05) is 66.7 Å². The predicted molar refractivity (Wildman–Crippen MR) is 145 cm³/mol. The van der Waals surface area contributed by atoms with Crippen molar-refractivity contribution < 1.29 is 28.6 Å². The van der Waals surface area contributed by atoms with Gasteiger partial charge in [-0.05, 0) is 42.0 Å². The topological polar surface area (TPSA) is 92.5 Å². The maximum Gasteiger partial charge on any atom is 0.290 e. The Kier molecular flexibility index (Phi) is 6.87. The number of furan rings is 1. The molecule has 1 fully saturated rings. The van der Waals surface area contributed by atoms with Gasteiger partial charge in [0.2, 0.25) is 5.78 Å². The molecular formula is C31H28N2O6. The smallest absolute Gasteiger partial charge is 0.290 e. The number of aliphatic hydroxyl groups is 1. The second-order valence-corrected chi connectivity index (χ2v) is 9.58. The highest BCUT2D eigenvalue weighted by Crippen LogP contribution is 2.40. The zero-order valence-electron chi connectivity index (χ0n) is 21.3. The summed E-state index contributed by atoms with van der Waals surface area (Å²) in [5, 5.41) is 11.8. The number of rotatable bonds is 8. The number of ether oxygens (including phenoxy) is 2. The van der Waals surface area contributed by atoms with Gasteiger partial charge in [0.15, 0.2) is 11.5 Å². The number of hydrogen-bond donors (Lipinski definition) is 1. The van der Waals surface area contributed by atoms with Crippen LogP contribution in [0, 0.1) is 0 Å². The molecule has 1 atom stereocenters. The molecule has 198 valence electrons. The molecule has 2 aliphatic heterocycles. The summed E-state index contributed by atoms with van der Waals surface area (Å²) in [6, 6.07) is 24.8. The van der Waals surface area contributed by atoms with Crippen LogP contribution in [0.2, 0.25) is 0 Å². The first-order valence-electron chi connectivity index (χ1n) is 13.0. The van der Waals surface area contributed by atoms with E-state index in [1.165, 1.54) is 0 Å². The highest BCUT2D eigenvalue weighted by Gasteiger charge is 2.44. The van der Waals surface area contributed by atoms with Gasteiger partial charge in [0.1, 0.15) is 17.1 Å². The fraction of sp³-hybridized carbons (Fsp3) is 0.226. The van der Waals surface area contributed by atoms with Gasteiger partial charge in [-0.1, -0.05) is 48.5 Å². The molecule has 8 nitrogen and oxygen atoms in total. The summed E-state index contributed by atoms with van der Waals surface area (Å²) in [6.45, 7) is 3.71. The summed E-state index contributed by atoms with van der Waals surface area (Å²) < 4.78 is 17.3. The molecule has 39 heavy (non-hydrogen) atoms. The van der Waals surface area contributed by atoms with Crippen LogP contribution in [0.25, 0.3) is 11.0 Å². The zero-order chi connectivity index (χ0) is 26.8. The lowest BCUT2D eigenvalue weighted by atomic mass is 9.94. The lowest BCUT2D eigenvalue weighted by Gasteiger charge is -2.31. The Morgan fingerprint density at radius 2 is 1.64 bits per heavy atom. The highest BCUT2D eigenvalue weighted by atomic mass is 16.5. The molecule has 4 aromatic rings. The number of morpholine rings is 1. The van der Waals surface area contributed by atoms with Crippen LogP contribution < -0.4 is 4.74 Å². The fourth-order valence-electron chi connectivity index (χ4n) is 5.14. The number of nitrogens with zero attached hydrogens (tertiary/aromatic N) is 2. The Bertz CT molecular complexity index is 1500. The lowest BCUT2D eigenvalue weighted by Crippen LogP contribution is -2.43. The Morgan fingerprint density at radius 3 is 2.44 bits per heavy atom. The van der Waals surface area contributed by atoms with Crippen LogP contribution in [0.4, 0.5) is 0 Å². The van der Waals surface area contributed by atoms with Crippen molar-refractivity contribution >= 4 is 22.7 Å². The number of fused-ring (bicyclic) bond motifs is 1. The van der Waals surface area contributed by atoms with Crippen LogP contribution in [0.15, 0.2) is 101 Å². The van der Waals surface area contributed by atoms with E-state index in [0.29, 0.717) is 48.9 Å². The predicted octanol–water partition coefficient (Wildman–Crippen LogP) is 5.14. The van der Waals surface area contributed by atoms with E-state index in [4.69, 9.17) is 13.9 Å². The monoisotopic (exact) mass is 524 g/mol. The van der Waals surface area contributed by atoms with Crippen molar-refractivity contribution in [3.63, 3.8) is 0 Å². The quantitative estimate of drug-likeness (QED) is 0.319. The van der Waals surface area contributed by atoms with Crippen molar-refractivity contribution in [2.75, 3.05) is 39.4 Å². The summed E-state index contributed by atoms with van der Waals surface area (Å²) in [5.74, 6) is -0.365. The van der Waals surface area contributed by atoms with Gasteiger partial charge in [0.25, 0.3) is 5.91 Å². The van der Waals surface area contributed by atoms with Crippen LogP contribution >= 0.6 is 0 Å². The van der Waals surface area contributed by atoms with Crippen LogP contribution in [-0.4, -0.2) is 66.0 Å². The van der Waals surface area contributed by atoms with Crippen LogP contribution in [0.1, 0.15) is 22.2 Å². The molecule has 8 heteroatoms. The molecule has 3 aromatic carbocycles. The largest absolute Gasteiger partial charge is 0.503 e. The van der Waals surface area contributed by atoms with E-state index in [2.05, 4.69) is 4.90 Å². The van der Waals surface area contributed by atoms with Gasteiger partial charge < -0.3 is 23.9 Å². The number of hydrogen-bond acceptors (Lipinski definition) is 7. The third-order valence-electron chi connectivity index (χ3n) is 7.11. The van der Waals surface area contributed by atoms with Gasteiger partial charge in [-0.25, -0.2) is 0 Å². The number of ketones is 1. The van der Waals surface area contributed by atoms with Crippen molar-refractivity contribution in [3.8, 4) is 11.5 Å². The molecule has 2 aliphatic rings. The van der Waals surface area contributed by atoms with Gasteiger partial charge in [0.05, 0.1) is 24.8 Å². The van der Waals surface area contributed by atoms with Crippen molar-refractivity contribution in [2.24, 2.45) is 0 Å². The summed E-state index contributed by atoms with van der Waals surface area (Å²) in [6.07, 6.45) is 0. The third-order valence-corrected chi connectivity index (χ3v) is 7.11. The first kappa shape index (κ1) is 24.9. The van der Waals surface area contributed by atoms with Gasteiger partial charge in [-0.2, -0.15) is 0 Å². The van der Waals surface area contributed by atoms with Crippen LogP contribution in [-0.2, 0) is 9.53 Å². The first-order chi connectivity index (χ1) is 19.1. The molecular weight excluding hydrogens is 496 g/mol. The standard InChI is InChI=1S/C31H28N2O6/c34-29(26-20-21-7-4-5-12-25(21)39-26)27-28(22-8-6-11-24(19-22)38-23-9-2-1-3-10-23)33(31(36)30(27)35)14-13-32-15-17-37-18-16-32/h1-12,19-20,28,35H,13-18H2. The minimum absolute atomic E-state index is 0.00195. The number of benzene rings is 3. The first-order valence-corrected chi connectivity index (χ1v) is 13.0. The number of carbonyl (C=O) groups excluding carboxylic acids is 2. The molecule has 0 spiro atoms. The average Bonchev–Trinajstić information content (AvgIpc) is 3.52. The Hall–Kier alpha value is -4.40. The maximum absolute atomic E-state index is 13.8. The van der Waals surface area contributed by atoms with Gasteiger partial charge in [0, 0.05) is 31.6 Å². The molecule has 1 aromatic heterocycles. The van der Waals surface area contributed by atoms with Crippen molar-refractivity contribution in [3.05, 3.63) is 108 Å². The molecule has 0 radical (unpaired) electrons. The summed E-state index contributed by atoms with van der Waals surface area (Å²) >= 11 is 0. The number of para-hydroxylation sites is 2. The van der Waals surface area contributed by atoms with Crippen molar-refractivity contribution in [1.29, 1.82) is 0 Å². The second kappa shape index (κ2) is 10.8. The SMILES string of the molecule is O=C(C1=C(O)C(=O)N(CCN2CCOCC2)C1c1cccc(Oc2ccccc2)c1)c1cc2ccccc2o1. The van der Waals surface area contributed by atoms with Crippen molar-refractivity contribution in [1.82, 2.24) is 9.80 Å². The highest BCUT2D eigenvalue weighted by molar-refractivity contribution is 6.16. The zero-order valence-corrected chi connectivity index (χ0v) is 21.3. The summed E-state index contributed by atoms with van der Waals surface area (Å²) in [7, 11) is 0. The molecule has 6 rings (SSSR count). The summed E-state index contributed by atoms with van der Waals surface area (Å²) in [4.78, 5) is 31.0. The molecule has 0 aliphatic carbocycles. The van der Waals surface area contributed by atoms with E-state index in [0.717, 1.165) is 18.5 Å². The fourth-order valence-corrected chi connectivity index (χ4v) is 5.14. The van der Waals surface area contributed by atoms with Crippen molar-refractivity contribution in [2.45, 2.75) is 6.04 Å². The molecule has 1 amide bonds. The van der Waals surface area contributed by atoms with Gasteiger partial charge >= 0.3 is 0 Å². The molecule has 1 unspecified atom stereocenters. The molecule has 0 bridgehead atoms. The lowest BCUT2D eigenvalue weighted by molar-refractivity contribution is -0.129. The second-order valence-electron chi connectivity index (χ2n) is 9.58. The Morgan fingerprint density at radius 1 is 0.897 bits per heavy atom.